The molecular formula is C19H18BrN3O2. The number of aryl methyl sites for hydroxylation is 1. The lowest BCUT2D eigenvalue weighted by Gasteiger charge is -2.05. The first kappa shape index (κ1) is 17.2. The van der Waals surface area contributed by atoms with Gasteiger partial charge in [-0.25, -0.2) is 4.79 Å². The molecule has 3 aromatic rings. The van der Waals surface area contributed by atoms with E-state index in [2.05, 4.69) is 57.5 Å². The van der Waals surface area contributed by atoms with Gasteiger partial charge in [0.1, 0.15) is 6.61 Å². The highest BCUT2D eigenvalue weighted by atomic mass is 79.9. The van der Waals surface area contributed by atoms with Crippen molar-refractivity contribution in [3.05, 3.63) is 82.0 Å². The standard InChI is InChI=1S/C19H18BrN3O2/c1-14-7-9-15(10-8-14)11-23-12-17(20)18(22-23)21-19(24)25-13-16-5-3-2-4-6-16/h2-10,12H,11,13H2,1H3,(H,21,22,24). The molecule has 0 aliphatic carbocycles. The van der Waals surface area contributed by atoms with Gasteiger partial charge in [0, 0.05) is 6.20 Å². The molecule has 1 aromatic heterocycles. The molecule has 128 valence electrons. The summed E-state index contributed by atoms with van der Waals surface area (Å²) >= 11 is 3.41. The first-order chi connectivity index (χ1) is 12.1. The number of anilines is 1. The Morgan fingerprint density at radius 3 is 2.56 bits per heavy atom. The van der Waals surface area contributed by atoms with E-state index in [1.54, 1.807) is 4.68 Å². The number of halogens is 1. The van der Waals surface area contributed by atoms with Gasteiger partial charge < -0.3 is 4.74 Å². The summed E-state index contributed by atoms with van der Waals surface area (Å²) in [4.78, 5) is 11.9. The van der Waals surface area contributed by atoms with E-state index in [1.807, 2.05) is 36.5 Å². The molecule has 0 fully saturated rings. The van der Waals surface area contributed by atoms with Crippen LogP contribution in [0.15, 0.2) is 65.3 Å². The van der Waals surface area contributed by atoms with Gasteiger partial charge >= 0.3 is 6.09 Å². The monoisotopic (exact) mass is 399 g/mol. The topological polar surface area (TPSA) is 56.2 Å². The van der Waals surface area contributed by atoms with E-state index in [0.29, 0.717) is 16.8 Å². The molecule has 1 N–H and O–H groups in total. The van der Waals surface area contributed by atoms with Gasteiger partial charge in [-0.05, 0) is 34.0 Å². The third-order valence-electron chi connectivity index (χ3n) is 3.62. The normalized spacial score (nSPS) is 10.5. The highest BCUT2D eigenvalue weighted by Crippen LogP contribution is 2.21. The van der Waals surface area contributed by atoms with E-state index in [9.17, 15) is 4.79 Å². The van der Waals surface area contributed by atoms with Crippen molar-refractivity contribution in [1.29, 1.82) is 0 Å². The smallest absolute Gasteiger partial charge is 0.413 e. The van der Waals surface area contributed by atoms with Gasteiger partial charge in [0.25, 0.3) is 0 Å². The van der Waals surface area contributed by atoms with Gasteiger partial charge in [-0.3, -0.25) is 10.00 Å². The Bertz CT molecular complexity index is 845. The molecule has 3 rings (SSSR count). The number of nitrogens with zero attached hydrogens (tertiary/aromatic N) is 2. The number of nitrogens with one attached hydrogen (secondary N) is 1. The van der Waals surface area contributed by atoms with Gasteiger partial charge in [-0.15, -0.1) is 0 Å². The van der Waals surface area contributed by atoms with Crippen LogP contribution in [0.2, 0.25) is 0 Å². The van der Waals surface area contributed by atoms with E-state index in [1.165, 1.54) is 5.56 Å². The summed E-state index contributed by atoms with van der Waals surface area (Å²) in [6, 6.07) is 17.8. The Hall–Kier alpha value is -2.60. The Kier molecular flexibility index (Phi) is 5.50. The Morgan fingerprint density at radius 1 is 1.12 bits per heavy atom. The second-order valence-corrected chi connectivity index (χ2v) is 6.55. The molecule has 0 atom stereocenters. The number of aromatic nitrogens is 2. The predicted molar refractivity (Wildman–Crippen MR) is 100 cm³/mol. The SMILES string of the molecule is Cc1ccc(Cn2cc(Br)c(NC(=O)OCc3ccccc3)n2)cc1. The number of hydrogen-bond acceptors (Lipinski definition) is 3. The Labute approximate surface area is 154 Å². The molecule has 2 aromatic carbocycles. The zero-order chi connectivity index (χ0) is 17.6. The molecule has 0 saturated heterocycles. The first-order valence-corrected chi connectivity index (χ1v) is 8.65. The number of rotatable bonds is 5. The second-order valence-electron chi connectivity index (χ2n) is 5.70. The average Bonchev–Trinajstić information content (AvgIpc) is 2.95. The largest absolute Gasteiger partial charge is 0.444 e. The molecule has 1 amide bonds. The Morgan fingerprint density at radius 2 is 1.84 bits per heavy atom. The maximum Gasteiger partial charge on any atom is 0.413 e. The fraction of sp³-hybridized carbons (Fsp3) is 0.158. The molecule has 0 radical (unpaired) electrons. The number of carbonyl (C=O) groups excluding carboxylic acids is 1. The van der Waals surface area contributed by atoms with Crippen molar-refractivity contribution in [2.45, 2.75) is 20.1 Å². The summed E-state index contributed by atoms with van der Waals surface area (Å²) in [5, 5.41) is 7.04. The van der Waals surface area contributed by atoms with Crippen molar-refractivity contribution in [3.63, 3.8) is 0 Å². The minimum absolute atomic E-state index is 0.217. The van der Waals surface area contributed by atoms with Crippen LogP contribution in [-0.4, -0.2) is 15.9 Å². The summed E-state index contributed by atoms with van der Waals surface area (Å²) in [5.41, 5.74) is 3.29. The third kappa shape index (κ3) is 4.93. The first-order valence-electron chi connectivity index (χ1n) is 7.86. The van der Waals surface area contributed by atoms with Crippen molar-refractivity contribution in [1.82, 2.24) is 9.78 Å². The van der Waals surface area contributed by atoms with E-state index in [4.69, 9.17) is 4.74 Å². The van der Waals surface area contributed by atoms with Crippen LogP contribution in [0.3, 0.4) is 0 Å². The molecule has 0 spiro atoms. The van der Waals surface area contributed by atoms with Crippen molar-refractivity contribution in [2.24, 2.45) is 0 Å². The quantitative estimate of drug-likeness (QED) is 0.673. The van der Waals surface area contributed by atoms with Gasteiger partial charge in [0.2, 0.25) is 0 Å². The minimum atomic E-state index is -0.537. The van der Waals surface area contributed by atoms with Crippen LogP contribution in [0, 0.1) is 6.92 Å². The highest BCUT2D eigenvalue weighted by molar-refractivity contribution is 9.10. The molecule has 6 heteroatoms. The summed E-state index contributed by atoms with van der Waals surface area (Å²) in [6.45, 7) is 2.89. The number of amides is 1. The van der Waals surface area contributed by atoms with Gasteiger partial charge in [-0.1, -0.05) is 60.2 Å². The molecule has 1 heterocycles. The van der Waals surface area contributed by atoms with Crippen molar-refractivity contribution in [2.75, 3.05) is 5.32 Å². The summed E-state index contributed by atoms with van der Waals surface area (Å²) < 4.78 is 7.68. The van der Waals surface area contributed by atoms with Crippen LogP contribution >= 0.6 is 15.9 Å². The van der Waals surface area contributed by atoms with Crippen molar-refractivity contribution < 1.29 is 9.53 Å². The maximum absolute atomic E-state index is 11.9. The lowest BCUT2D eigenvalue weighted by molar-refractivity contribution is 0.155. The summed E-state index contributed by atoms with van der Waals surface area (Å²) in [5.74, 6) is 0.435. The van der Waals surface area contributed by atoms with Crippen molar-refractivity contribution >= 4 is 27.8 Å². The second kappa shape index (κ2) is 7.98. The van der Waals surface area contributed by atoms with Crippen LogP contribution in [0.1, 0.15) is 16.7 Å². The molecule has 25 heavy (non-hydrogen) atoms. The highest BCUT2D eigenvalue weighted by Gasteiger charge is 2.11. The third-order valence-corrected chi connectivity index (χ3v) is 4.20. The van der Waals surface area contributed by atoms with Gasteiger partial charge in [-0.2, -0.15) is 5.10 Å². The van der Waals surface area contributed by atoms with Gasteiger partial charge in [0.15, 0.2) is 5.82 Å². The lowest BCUT2D eigenvalue weighted by Crippen LogP contribution is -2.14. The number of carbonyl (C=O) groups is 1. The van der Waals surface area contributed by atoms with E-state index < -0.39 is 6.09 Å². The van der Waals surface area contributed by atoms with E-state index >= 15 is 0 Å². The molecule has 0 aliphatic heterocycles. The molecule has 0 saturated carbocycles. The summed E-state index contributed by atoms with van der Waals surface area (Å²) in [6.07, 6.45) is 1.29. The molecule has 0 aliphatic rings. The van der Waals surface area contributed by atoms with Crippen LogP contribution < -0.4 is 5.32 Å². The lowest BCUT2D eigenvalue weighted by atomic mass is 10.1. The molecule has 5 nitrogen and oxygen atoms in total. The van der Waals surface area contributed by atoms with Gasteiger partial charge in [0.05, 0.1) is 11.0 Å². The van der Waals surface area contributed by atoms with Crippen LogP contribution in [-0.2, 0) is 17.9 Å². The average molecular weight is 400 g/mol. The molecular weight excluding hydrogens is 382 g/mol. The maximum atomic E-state index is 11.9. The minimum Gasteiger partial charge on any atom is -0.444 e. The van der Waals surface area contributed by atoms with Crippen LogP contribution in [0.4, 0.5) is 10.6 Å². The van der Waals surface area contributed by atoms with E-state index in [0.717, 1.165) is 11.1 Å². The van der Waals surface area contributed by atoms with E-state index in [-0.39, 0.29) is 6.61 Å². The predicted octanol–water partition coefficient (Wildman–Crippen LogP) is 4.75. The number of benzene rings is 2. The molecule has 0 unspecified atom stereocenters. The number of ether oxygens (including phenoxy) is 1. The number of hydrogen-bond donors (Lipinski definition) is 1. The molecule has 0 bridgehead atoms. The Balaban J connectivity index is 1.58. The fourth-order valence-electron chi connectivity index (χ4n) is 2.30. The van der Waals surface area contributed by atoms with Crippen molar-refractivity contribution in [3.8, 4) is 0 Å². The zero-order valence-corrected chi connectivity index (χ0v) is 15.4. The summed E-state index contributed by atoms with van der Waals surface area (Å²) in [7, 11) is 0. The van der Waals surface area contributed by atoms with Crippen LogP contribution in [0.25, 0.3) is 0 Å². The fourth-order valence-corrected chi connectivity index (χ4v) is 2.71. The zero-order valence-electron chi connectivity index (χ0n) is 13.8. The van der Waals surface area contributed by atoms with Crippen LogP contribution in [0.5, 0.6) is 0 Å².